The summed E-state index contributed by atoms with van der Waals surface area (Å²) < 4.78 is 5.36. The van der Waals surface area contributed by atoms with Crippen LogP contribution < -0.4 is 5.32 Å². The Labute approximate surface area is 180 Å². The highest BCUT2D eigenvalue weighted by molar-refractivity contribution is 6.07. The Bertz CT molecular complexity index is 1090. The van der Waals surface area contributed by atoms with Gasteiger partial charge in [0.1, 0.15) is 0 Å². The van der Waals surface area contributed by atoms with Gasteiger partial charge in [-0.15, -0.1) is 0 Å². The van der Waals surface area contributed by atoms with Crippen LogP contribution in [0.15, 0.2) is 47.1 Å². The summed E-state index contributed by atoms with van der Waals surface area (Å²) in [6.45, 7) is 1.49. The second-order valence-corrected chi connectivity index (χ2v) is 8.53. The molecule has 0 unspecified atom stereocenters. The number of hydrogen-bond donors (Lipinski definition) is 1. The van der Waals surface area contributed by atoms with E-state index in [0.29, 0.717) is 11.6 Å². The minimum Gasteiger partial charge on any atom is -0.351 e. The number of hydrogen-bond acceptors (Lipinski definition) is 5. The van der Waals surface area contributed by atoms with E-state index < -0.39 is 0 Å². The van der Waals surface area contributed by atoms with E-state index in [-0.39, 0.29) is 23.5 Å². The predicted octanol–water partition coefficient (Wildman–Crippen LogP) is 4.37. The van der Waals surface area contributed by atoms with Crippen molar-refractivity contribution in [2.75, 3.05) is 18.4 Å². The number of nitrogens with one attached hydrogen (secondary N) is 1. The normalized spacial score (nSPS) is 17.9. The fraction of sp³-hybridized carbons (Fsp3) is 0.417. The number of benzene rings is 1. The van der Waals surface area contributed by atoms with Gasteiger partial charge in [-0.05, 0) is 49.9 Å². The van der Waals surface area contributed by atoms with E-state index in [1.807, 2.05) is 35.2 Å². The Balaban J connectivity index is 1.22. The first-order valence-electron chi connectivity index (χ1n) is 11.1. The summed E-state index contributed by atoms with van der Waals surface area (Å²) in [4.78, 5) is 31.7. The molecule has 1 saturated heterocycles. The van der Waals surface area contributed by atoms with Crippen LogP contribution in [0.1, 0.15) is 60.7 Å². The lowest BCUT2D eigenvalue weighted by Crippen LogP contribution is -2.40. The molecule has 0 radical (unpaired) electrons. The Morgan fingerprint density at radius 3 is 2.65 bits per heavy atom. The van der Waals surface area contributed by atoms with Crippen molar-refractivity contribution in [1.29, 1.82) is 0 Å². The van der Waals surface area contributed by atoms with Gasteiger partial charge in [0.05, 0.1) is 16.9 Å². The minimum atomic E-state index is -0.330. The second kappa shape index (κ2) is 8.49. The zero-order chi connectivity index (χ0) is 21.2. The Morgan fingerprint density at radius 1 is 1.03 bits per heavy atom. The smallest absolute Gasteiger partial charge is 0.294 e. The number of fused-ring (bicyclic) bond motifs is 1. The summed E-state index contributed by atoms with van der Waals surface area (Å²) in [6.07, 6.45) is 7.84. The summed E-state index contributed by atoms with van der Waals surface area (Å²) in [5.41, 5.74) is 2.29. The van der Waals surface area contributed by atoms with Crippen LogP contribution in [0.3, 0.4) is 0 Å². The molecule has 7 heteroatoms. The highest BCUT2D eigenvalue weighted by Crippen LogP contribution is 2.32. The molecule has 2 fully saturated rings. The molecule has 0 bridgehead atoms. The van der Waals surface area contributed by atoms with Gasteiger partial charge in [0, 0.05) is 42.6 Å². The molecule has 31 heavy (non-hydrogen) atoms. The van der Waals surface area contributed by atoms with Crippen molar-refractivity contribution in [2.24, 2.45) is 5.92 Å². The molecule has 7 nitrogen and oxygen atoms in total. The molecule has 1 aromatic carbocycles. The molecule has 5 rings (SSSR count). The van der Waals surface area contributed by atoms with Crippen molar-refractivity contribution in [3.8, 4) is 0 Å². The Hall–Kier alpha value is -3.22. The summed E-state index contributed by atoms with van der Waals surface area (Å²) in [7, 11) is 0. The van der Waals surface area contributed by atoms with Crippen molar-refractivity contribution in [1.82, 2.24) is 15.0 Å². The zero-order valence-corrected chi connectivity index (χ0v) is 17.4. The van der Waals surface area contributed by atoms with E-state index >= 15 is 0 Å². The van der Waals surface area contributed by atoms with Gasteiger partial charge in [0.2, 0.25) is 11.7 Å². The van der Waals surface area contributed by atoms with Gasteiger partial charge >= 0.3 is 0 Å². The first kappa shape index (κ1) is 19.7. The number of amides is 2. The average molecular weight is 418 g/mol. The van der Waals surface area contributed by atoms with Gasteiger partial charge in [0.25, 0.3) is 5.91 Å². The highest BCUT2D eigenvalue weighted by Gasteiger charge is 2.31. The lowest BCUT2D eigenvalue weighted by atomic mass is 9.92. The van der Waals surface area contributed by atoms with Crippen LogP contribution in [-0.2, 0) is 4.79 Å². The number of piperidine rings is 1. The van der Waals surface area contributed by atoms with E-state index in [4.69, 9.17) is 4.52 Å². The fourth-order valence-corrected chi connectivity index (χ4v) is 4.81. The molecule has 2 aliphatic rings. The number of carbonyl (C=O) groups excluding carboxylic acids is 2. The molecule has 0 atom stereocenters. The average Bonchev–Trinajstić information content (AvgIpc) is 3.52. The summed E-state index contributed by atoms with van der Waals surface area (Å²) in [5, 5.41) is 7.94. The van der Waals surface area contributed by atoms with Gasteiger partial charge in [-0.25, -0.2) is 0 Å². The molecular weight excluding hydrogens is 392 g/mol. The van der Waals surface area contributed by atoms with Crippen LogP contribution in [0.25, 0.3) is 10.9 Å². The number of anilines is 1. The Kier molecular flexibility index (Phi) is 5.40. The van der Waals surface area contributed by atoms with E-state index in [1.54, 1.807) is 12.3 Å². The van der Waals surface area contributed by atoms with E-state index in [0.717, 1.165) is 55.4 Å². The van der Waals surface area contributed by atoms with Crippen LogP contribution in [0.4, 0.5) is 5.69 Å². The molecule has 2 amide bonds. The van der Waals surface area contributed by atoms with Crippen LogP contribution >= 0.6 is 0 Å². The first-order valence-corrected chi connectivity index (χ1v) is 11.1. The van der Waals surface area contributed by atoms with Gasteiger partial charge in [-0.2, -0.15) is 0 Å². The van der Waals surface area contributed by atoms with Gasteiger partial charge in [-0.1, -0.05) is 24.1 Å². The number of rotatable bonds is 4. The van der Waals surface area contributed by atoms with E-state index in [9.17, 15) is 9.59 Å². The number of nitrogens with zero attached hydrogens (tertiary/aromatic N) is 3. The zero-order valence-electron chi connectivity index (χ0n) is 17.4. The number of likely N-dealkylation sites (tertiary alicyclic amines) is 1. The molecule has 3 aromatic rings. The molecule has 1 saturated carbocycles. The van der Waals surface area contributed by atoms with E-state index in [1.165, 1.54) is 12.8 Å². The predicted molar refractivity (Wildman–Crippen MR) is 117 cm³/mol. The summed E-state index contributed by atoms with van der Waals surface area (Å²) in [6, 6.07) is 11.1. The Morgan fingerprint density at radius 2 is 1.84 bits per heavy atom. The molecule has 160 valence electrons. The van der Waals surface area contributed by atoms with Crippen LogP contribution in [-0.4, -0.2) is 39.9 Å². The maximum Gasteiger partial charge on any atom is 0.294 e. The number of carbonyl (C=O) groups is 2. The van der Waals surface area contributed by atoms with Crippen molar-refractivity contribution < 1.29 is 14.1 Å². The van der Waals surface area contributed by atoms with Crippen molar-refractivity contribution >= 4 is 28.4 Å². The van der Waals surface area contributed by atoms with Crippen LogP contribution in [0.2, 0.25) is 0 Å². The molecule has 3 heterocycles. The molecule has 1 aliphatic heterocycles. The first-order chi connectivity index (χ1) is 15.2. The van der Waals surface area contributed by atoms with Crippen molar-refractivity contribution in [3.63, 3.8) is 0 Å². The molecule has 2 aromatic heterocycles. The molecular formula is C24H26N4O3. The van der Waals surface area contributed by atoms with Gasteiger partial charge in [0.15, 0.2) is 0 Å². The monoisotopic (exact) mass is 418 g/mol. The molecule has 1 aliphatic carbocycles. The van der Waals surface area contributed by atoms with Crippen molar-refractivity contribution in [2.45, 2.75) is 44.4 Å². The standard InChI is InChI=1S/C24H26N4O3/c29-23(26-20-9-3-8-19-18(20)7-4-12-25-19)22-15-21(27-31-22)16-10-13-28(14-11-16)24(30)17-5-1-2-6-17/h3-4,7-9,12,15-17H,1-2,5-6,10-11,13-14H2,(H,26,29). The lowest BCUT2D eigenvalue weighted by molar-refractivity contribution is -0.136. The quantitative estimate of drug-likeness (QED) is 0.680. The molecule has 1 N–H and O–H groups in total. The van der Waals surface area contributed by atoms with Gasteiger partial charge in [-0.3, -0.25) is 14.6 Å². The maximum atomic E-state index is 12.7. The lowest BCUT2D eigenvalue weighted by Gasteiger charge is -2.32. The largest absolute Gasteiger partial charge is 0.351 e. The van der Waals surface area contributed by atoms with Crippen LogP contribution in [0, 0.1) is 5.92 Å². The highest BCUT2D eigenvalue weighted by atomic mass is 16.5. The van der Waals surface area contributed by atoms with Gasteiger partial charge < -0.3 is 14.7 Å². The number of pyridine rings is 1. The summed E-state index contributed by atoms with van der Waals surface area (Å²) >= 11 is 0. The topological polar surface area (TPSA) is 88.3 Å². The molecule has 0 spiro atoms. The number of aromatic nitrogens is 2. The van der Waals surface area contributed by atoms with Crippen LogP contribution in [0.5, 0.6) is 0 Å². The van der Waals surface area contributed by atoms with Crippen molar-refractivity contribution in [3.05, 3.63) is 54.0 Å². The second-order valence-electron chi connectivity index (χ2n) is 8.53. The minimum absolute atomic E-state index is 0.195. The maximum absolute atomic E-state index is 12.7. The van der Waals surface area contributed by atoms with E-state index in [2.05, 4.69) is 15.5 Å². The third-order valence-electron chi connectivity index (χ3n) is 6.58. The summed E-state index contributed by atoms with van der Waals surface area (Å²) in [5.74, 6) is 0.618. The SMILES string of the molecule is O=C(Nc1cccc2ncccc12)c1cc(C2CCN(C(=O)C3CCCC3)CC2)no1. The fourth-order valence-electron chi connectivity index (χ4n) is 4.81. The third-order valence-corrected chi connectivity index (χ3v) is 6.58. The third kappa shape index (κ3) is 4.04.